The molecule has 0 nitrogen and oxygen atoms in total. The molecule has 10 rings (SSSR count). The summed E-state index contributed by atoms with van der Waals surface area (Å²) in [4.78, 5) is 0. The molecule has 0 amide bonds. The van der Waals surface area contributed by atoms with Crippen molar-refractivity contribution >= 4 is 30.3 Å². The SMILES string of the molecule is CC12C(=C3Cc4ccccc4C3=C3C=CCCC31)[C](C)([Zr+2](=[C](c1cccc3ccccc13)c1cccc3ccccc13)[CH]1C=CC=C1)C(C)(C)C(C)(C)C2(C)C.[Cl-].[Cl-]. The van der Waals surface area contributed by atoms with Crippen molar-refractivity contribution in [2.45, 2.75) is 81.4 Å². The van der Waals surface area contributed by atoms with Gasteiger partial charge < -0.3 is 24.8 Å². The monoisotopic (exact) mass is 876 g/mol. The number of hydrogen-bond donors (Lipinski definition) is 0. The Kier molecular flexibility index (Phi) is 10.3. The largest absolute Gasteiger partial charge is 1.00 e. The molecule has 3 atom stereocenters. The molecule has 0 heterocycles. The van der Waals surface area contributed by atoms with Gasteiger partial charge in [0, 0.05) is 0 Å². The summed E-state index contributed by atoms with van der Waals surface area (Å²) in [6, 6.07) is 42.2. The van der Waals surface area contributed by atoms with Crippen molar-refractivity contribution in [2.24, 2.45) is 27.6 Å². The Morgan fingerprint density at radius 3 is 1.78 bits per heavy atom. The van der Waals surface area contributed by atoms with E-state index in [1.54, 1.807) is 19.9 Å². The van der Waals surface area contributed by atoms with E-state index in [-0.39, 0.29) is 49.6 Å². The Labute approximate surface area is 367 Å². The molecular weight excluding hydrogens is 823 g/mol. The van der Waals surface area contributed by atoms with Crippen LogP contribution in [0.1, 0.15) is 90.5 Å². The van der Waals surface area contributed by atoms with Crippen LogP contribution in [0.15, 0.2) is 162 Å². The van der Waals surface area contributed by atoms with Crippen LogP contribution in [0.4, 0.5) is 0 Å². The van der Waals surface area contributed by atoms with Crippen molar-refractivity contribution in [1.82, 2.24) is 0 Å². The number of allylic oxidation sites excluding steroid dienone is 10. The zero-order valence-electron chi connectivity index (χ0n) is 35.4. The van der Waals surface area contributed by atoms with Crippen molar-refractivity contribution in [1.29, 1.82) is 0 Å². The maximum Gasteiger partial charge on any atom is -1.00 e. The summed E-state index contributed by atoms with van der Waals surface area (Å²) in [6.07, 6.45) is 18.5. The second-order valence-corrected chi connectivity index (χ2v) is 26.7. The second kappa shape index (κ2) is 14.4. The summed E-state index contributed by atoms with van der Waals surface area (Å²) in [5, 5.41) is 5.43. The molecule has 0 N–H and O–H groups in total. The molecule has 1 saturated carbocycles. The minimum absolute atomic E-state index is 0. The third-order valence-corrected chi connectivity index (χ3v) is 27.3. The predicted octanol–water partition coefficient (Wildman–Crippen LogP) is 8.67. The Morgan fingerprint density at radius 1 is 0.603 bits per heavy atom. The number of halogens is 2. The van der Waals surface area contributed by atoms with Gasteiger partial charge in [0.15, 0.2) is 0 Å². The molecule has 0 aliphatic heterocycles. The van der Waals surface area contributed by atoms with Gasteiger partial charge in [0.1, 0.15) is 0 Å². The first-order chi connectivity index (χ1) is 26.9. The molecule has 0 spiro atoms. The van der Waals surface area contributed by atoms with Gasteiger partial charge in [-0.25, -0.2) is 0 Å². The maximum absolute atomic E-state index is 3.20. The van der Waals surface area contributed by atoms with Crippen molar-refractivity contribution in [2.75, 3.05) is 0 Å². The molecule has 0 saturated heterocycles. The van der Waals surface area contributed by atoms with Crippen LogP contribution >= 0.6 is 0 Å². The van der Waals surface area contributed by atoms with Gasteiger partial charge in [-0.15, -0.1) is 0 Å². The van der Waals surface area contributed by atoms with E-state index < -0.39 is 21.3 Å². The second-order valence-electron chi connectivity index (χ2n) is 19.4. The molecular formula is C55H56Cl2Zr. The van der Waals surface area contributed by atoms with Gasteiger partial charge in [-0.3, -0.25) is 0 Å². The van der Waals surface area contributed by atoms with E-state index in [0.29, 0.717) is 9.54 Å². The van der Waals surface area contributed by atoms with Gasteiger partial charge in [-0.2, -0.15) is 0 Å². The molecule has 5 aliphatic carbocycles. The number of rotatable bonds is 4. The molecule has 5 aliphatic rings. The van der Waals surface area contributed by atoms with Crippen molar-refractivity contribution in [3.63, 3.8) is 0 Å². The average Bonchev–Trinajstić information content (AvgIpc) is 3.88. The molecule has 1 fully saturated rings. The van der Waals surface area contributed by atoms with E-state index in [4.69, 9.17) is 0 Å². The fourth-order valence-electron chi connectivity index (χ4n) is 13.1. The third kappa shape index (κ3) is 5.25. The summed E-state index contributed by atoms with van der Waals surface area (Å²) < 4.78 is 2.01. The topological polar surface area (TPSA) is 0 Å². The van der Waals surface area contributed by atoms with E-state index in [1.165, 1.54) is 50.2 Å². The number of hydrogen-bond acceptors (Lipinski definition) is 0. The Morgan fingerprint density at radius 2 is 1.16 bits per heavy atom. The van der Waals surface area contributed by atoms with Crippen LogP contribution in [-0.4, -0.2) is 3.21 Å². The van der Waals surface area contributed by atoms with Crippen LogP contribution in [0.5, 0.6) is 0 Å². The van der Waals surface area contributed by atoms with Gasteiger partial charge in [0.05, 0.1) is 0 Å². The van der Waals surface area contributed by atoms with Gasteiger partial charge in [0.2, 0.25) is 0 Å². The van der Waals surface area contributed by atoms with Crippen molar-refractivity contribution in [3.8, 4) is 0 Å². The Bertz CT molecular complexity index is 2590. The average molecular weight is 879 g/mol. The number of benzene rings is 5. The zero-order chi connectivity index (χ0) is 38.8. The van der Waals surface area contributed by atoms with Gasteiger partial charge >= 0.3 is 345 Å². The number of fused-ring (bicyclic) bond motifs is 8. The quantitative estimate of drug-likeness (QED) is 0.170. The van der Waals surface area contributed by atoms with Crippen LogP contribution in [0, 0.1) is 27.6 Å². The predicted molar refractivity (Wildman–Crippen MR) is 237 cm³/mol. The van der Waals surface area contributed by atoms with Crippen molar-refractivity contribution in [3.05, 3.63) is 185 Å². The smallest absolute Gasteiger partial charge is 1.00 e. The van der Waals surface area contributed by atoms with Crippen LogP contribution in [0.25, 0.3) is 27.1 Å². The minimum Gasteiger partial charge on any atom is -1.00 e. The van der Waals surface area contributed by atoms with Crippen LogP contribution in [-0.2, 0) is 27.7 Å². The molecule has 5 aromatic carbocycles. The third-order valence-electron chi connectivity index (χ3n) is 17.2. The van der Waals surface area contributed by atoms with Gasteiger partial charge in [-0.1, -0.05) is 0 Å². The fourth-order valence-corrected chi connectivity index (χ4v) is 24.9. The zero-order valence-corrected chi connectivity index (χ0v) is 39.4. The van der Waals surface area contributed by atoms with Crippen LogP contribution in [0.2, 0.25) is 6.75 Å². The van der Waals surface area contributed by atoms with Gasteiger partial charge in [0.25, 0.3) is 0 Å². The summed E-state index contributed by atoms with van der Waals surface area (Å²) in [7, 11) is 0. The summed E-state index contributed by atoms with van der Waals surface area (Å²) in [5.74, 6) is 0.468. The normalized spacial score (nSPS) is 25.6. The van der Waals surface area contributed by atoms with E-state index in [1.807, 2.05) is 5.57 Å². The van der Waals surface area contributed by atoms with E-state index in [0.717, 1.165) is 12.8 Å². The molecule has 58 heavy (non-hydrogen) atoms. The molecule has 0 aromatic heterocycles. The maximum atomic E-state index is 2.85. The van der Waals surface area contributed by atoms with E-state index >= 15 is 0 Å². The summed E-state index contributed by atoms with van der Waals surface area (Å²) in [5.41, 5.74) is 12.6. The standard InChI is InChI=1S/C29H37.C21H14.C5H5.2ClH.Zr/c1-18-25-22-17-19-13-9-10-14-20(19)24(22)21-15-11-12-16-23(21)29(25,8)28(6,7)27(4,5)26(18,2)3;1-3-13-20-16(7-1)9-5-11-18(20)15-19-12-6-10-17-8-2-4-14-21(17)19;1-2-4-5-3-1;;;/h9-11,13-15,23H,12,16-17H2,1-8H3;1-14H;1-5H;2*1H;/q;;;;;+2/p-2. The minimum atomic E-state index is -3.20. The van der Waals surface area contributed by atoms with Gasteiger partial charge in [-0.05, 0) is 0 Å². The molecule has 294 valence electrons. The van der Waals surface area contributed by atoms with E-state index in [2.05, 4.69) is 201 Å². The first kappa shape index (κ1) is 41.4. The summed E-state index contributed by atoms with van der Waals surface area (Å²) >= 11 is -3.20. The van der Waals surface area contributed by atoms with Crippen LogP contribution in [0.3, 0.4) is 0 Å². The molecule has 3 heteroatoms. The Balaban J connectivity index is 0.00000235. The molecule has 0 bridgehead atoms. The Hall–Kier alpha value is -3.35. The summed E-state index contributed by atoms with van der Waals surface area (Å²) in [6.45, 7) is 21.8. The van der Waals surface area contributed by atoms with Crippen LogP contribution < -0.4 is 24.8 Å². The van der Waals surface area contributed by atoms with E-state index in [9.17, 15) is 0 Å². The van der Waals surface area contributed by atoms with Crippen molar-refractivity contribution < 1.29 is 46.1 Å². The first-order valence-electron chi connectivity index (χ1n) is 21.1. The molecule has 3 unspecified atom stereocenters. The fraction of sp³-hybridized carbons (Fsp3) is 0.327. The molecule has 5 aromatic rings. The molecule has 0 radical (unpaired) electrons. The first-order valence-corrected chi connectivity index (χ1v) is 25.0.